The highest BCUT2D eigenvalue weighted by molar-refractivity contribution is 6.09. The highest BCUT2D eigenvalue weighted by Gasteiger charge is 2.09. The summed E-state index contributed by atoms with van der Waals surface area (Å²) in [5.74, 6) is 0.387. The van der Waals surface area contributed by atoms with Crippen LogP contribution in [0.3, 0.4) is 0 Å². The summed E-state index contributed by atoms with van der Waals surface area (Å²) in [6, 6.07) is 20.5. The molecule has 0 bridgehead atoms. The monoisotopic (exact) mass is 399 g/mol. The molecule has 0 aliphatic rings. The number of hydrazone groups is 1. The van der Waals surface area contributed by atoms with E-state index in [1.807, 2.05) is 32.0 Å². The number of fused-ring (bicyclic) bond motifs is 3. The van der Waals surface area contributed by atoms with Crippen molar-refractivity contribution >= 4 is 33.9 Å². The Balaban J connectivity index is 1.45. The molecular weight excluding hydrogens is 374 g/mol. The van der Waals surface area contributed by atoms with Crippen LogP contribution >= 0.6 is 0 Å². The van der Waals surface area contributed by atoms with Crippen LogP contribution in [0.5, 0.6) is 5.75 Å². The van der Waals surface area contributed by atoms with Crippen molar-refractivity contribution in [3.63, 3.8) is 0 Å². The Morgan fingerprint density at radius 2 is 1.73 bits per heavy atom. The smallest absolute Gasteiger partial charge is 0.277 e. The minimum Gasteiger partial charge on any atom is -0.484 e. The highest BCUT2D eigenvalue weighted by atomic mass is 16.5. The van der Waals surface area contributed by atoms with Gasteiger partial charge in [0.1, 0.15) is 5.75 Å². The number of benzene rings is 3. The van der Waals surface area contributed by atoms with Gasteiger partial charge in [0, 0.05) is 28.4 Å². The first-order valence-corrected chi connectivity index (χ1v) is 10.1. The van der Waals surface area contributed by atoms with Crippen molar-refractivity contribution in [1.29, 1.82) is 0 Å². The number of hydrogen-bond acceptors (Lipinski definition) is 3. The Hall–Kier alpha value is -3.60. The van der Waals surface area contributed by atoms with Gasteiger partial charge in [-0.25, -0.2) is 5.43 Å². The van der Waals surface area contributed by atoms with E-state index in [-0.39, 0.29) is 12.5 Å². The van der Waals surface area contributed by atoms with E-state index in [0.29, 0.717) is 5.75 Å². The third-order valence-electron chi connectivity index (χ3n) is 5.08. The van der Waals surface area contributed by atoms with Gasteiger partial charge in [-0.15, -0.1) is 0 Å². The second kappa shape index (κ2) is 8.41. The van der Waals surface area contributed by atoms with Crippen molar-refractivity contribution in [2.45, 2.75) is 27.3 Å². The van der Waals surface area contributed by atoms with Gasteiger partial charge in [-0.3, -0.25) is 4.79 Å². The molecular formula is C25H25N3O2. The average Bonchev–Trinajstić information content (AvgIpc) is 3.05. The molecule has 1 aromatic heterocycles. The fourth-order valence-corrected chi connectivity index (χ4v) is 3.87. The zero-order valence-corrected chi connectivity index (χ0v) is 17.5. The summed E-state index contributed by atoms with van der Waals surface area (Å²) in [6.45, 7) is 6.98. The van der Waals surface area contributed by atoms with E-state index in [1.165, 1.54) is 21.8 Å². The molecule has 3 aromatic carbocycles. The summed E-state index contributed by atoms with van der Waals surface area (Å²) in [4.78, 5) is 12.1. The minimum atomic E-state index is -0.297. The van der Waals surface area contributed by atoms with Crippen LogP contribution in [0.2, 0.25) is 0 Å². The van der Waals surface area contributed by atoms with Crippen molar-refractivity contribution in [3.05, 3.63) is 77.4 Å². The zero-order chi connectivity index (χ0) is 21.1. The van der Waals surface area contributed by atoms with E-state index in [4.69, 9.17) is 4.74 Å². The highest BCUT2D eigenvalue weighted by Crippen LogP contribution is 2.29. The normalized spacial score (nSPS) is 11.4. The SMILES string of the molecule is CCn1c2ccccc2c2cc(C=NNC(=O)COc3cc(C)cc(C)c3)ccc21. The van der Waals surface area contributed by atoms with Crippen molar-refractivity contribution in [2.75, 3.05) is 6.61 Å². The lowest BCUT2D eigenvalue weighted by Crippen LogP contribution is -2.24. The molecule has 0 radical (unpaired) electrons. The largest absolute Gasteiger partial charge is 0.484 e. The van der Waals surface area contributed by atoms with E-state index >= 15 is 0 Å². The van der Waals surface area contributed by atoms with Gasteiger partial charge < -0.3 is 9.30 Å². The first kappa shape index (κ1) is 19.7. The molecule has 0 aliphatic carbocycles. The molecule has 4 aromatic rings. The maximum absolute atomic E-state index is 12.1. The van der Waals surface area contributed by atoms with Gasteiger partial charge in [0.05, 0.1) is 6.21 Å². The first-order chi connectivity index (χ1) is 14.5. The molecule has 1 N–H and O–H groups in total. The van der Waals surface area contributed by atoms with Crippen LogP contribution in [-0.4, -0.2) is 23.3 Å². The predicted molar refractivity (Wildman–Crippen MR) is 122 cm³/mol. The second-order valence-electron chi connectivity index (χ2n) is 7.44. The third kappa shape index (κ3) is 4.06. The quantitative estimate of drug-likeness (QED) is 0.368. The van der Waals surface area contributed by atoms with Gasteiger partial charge in [0.15, 0.2) is 6.61 Å². The molecule has 0 saturated heterocycles. The molecule has 1 amide bonds. The number of aryl methyl sites for hydroxylation is 3. The molecule has 0 unspecified atom stereocenters. The van der Waals surface area contributed by atoms with Crippen LogP contribution in [0.1, 0.15) is 23.6 Å². The standard InChI is InChI=1S/C25H25N3O2/c1-4-28-23-8-6-5-7-21(23)22-14-19(9-10-24(22)28)15-26-27-25(29)16-30-20-12-17(2)11-18(3)13-20/h5-15H,4,16H2,1-3H3,(H,27,29). The van der Waals surface area contributed by atoms with Crippen LogP contribution in [-0.2, 0) is 11.3 Å². The van der Waals surface area contributed by atoms with Gasteiger partial charge in [-0.2, -0.15) is 5.10 Å². The summed E-state index contributed by atoms with van der Waals surface area (Å²) >= 11 is 0. The molecule has 5 heteroatoms. The molecule has 30 heavy (non-hydrogen) atoms. The molecule has 0 atom stereocenters. The lowest BCUT2D eigenvalue weighted by atomic mass is 10.1. The molecule has 5 nitrogen and oxygen atoms in total. The third-order valence-corrected chi connectivity index (χ3v) is 5.08. The molecule has 1 heterocycles. The number of hydrogen-bond donors (Lipinski definition) is 1. The Morgan fingerprint density at radius 1 is 1.00 bits per heavy atom. The van der Waals surface area contributed by atoms with E-state index < -0.39 is 0 Å². The summed E-state index contributed by atoms with van der Waals surface area (Å²) < 4.78 is 7.87. The molecule has 0 saturated carbocycles. The van der Waals surface area contributed by atoms with Gasteiger partial charge in [-0.1, -0.05) is 30.3 Å². The summed E-state index contributed by atoms with van der Waals surface area (Å²) in [5, 5.41) is 6.49. The molecule has 0 aliphatic heterocycles. The van der Waals surface area contributed by atoms with E-state index in [9.17, 15) is 4.79 Å². The minimum absolute atomic E-state index is 0.0801. The Labute approximate surface area is 176 Å². The number of aromatic nitrogens is 1. The van der Waals surface area contributed by atoms with Gasteiger partial charge in [0.2, 0.25) is 0 Å². The van der Waals surface area contributed by atoms with Crippen molar-refractivity contribution in [2.24, 2.45) is 5.10 Å². The maximum Gasteiger partial charge on any atom is 0.277 e. The fraction of sp³-hybridized carbons (Fsp3) is 0.200. The number of para-hydroxylation sites is 1. The second-order valence-corrected chi connectivity index (χ2v) is 7.44. The first-order valence-electron chi connectivity index (χ1n) is 10.1. The van der Waals surface area contributed by atoms with E-state index in [2.05, 4.69) is 64.5 Å². The lowest BCUT2D eigenvalue weighted by molar-refractivity contribution is -0.123. The van der Waals surface area contributed by atoms with Crippen molar-refractivity contribution in [3.8, 4) is 5.75 Å². The predicted octanol–water partition coefficient (Wildman–Crippen LogP) is 4.96. The van der Waals surface area contributed by atoms with E-state index in [0.717, 1.165) is 23.2 Å². The summed E-state index contributed by atoms with van der Waals surface area (Å²) in [7, 11) is 0. The van der Waals surface area contributed by atoms with Crippen LogP contribution in [0, 0.1) is 13.8 Å². The fourth-order valence-electron chi connectivity index (χ4n) is 3.87. The zero-order valence-electron chi connectivity index (χ0n) is 17.5. The van der Waals surface area contributed by atoms with E-state index in [1.54, 1.807) is 6.21 Å². The Morgan fingerprint density at radius 3 is 2.50 bits per heavy atom. The molecule has 152 valence electrons. The van der Waals surface area contributed by atoms with Crippen molar-refractivity contribution in [1.82, 2.24) is 9.99 Å². The molecule has 0 spiro atoms. The van der Waals surface area contributed by atoms with Crippen LogP contribution in [0.4, 0.5) is 0 Å². The van der Waals surface area contributed by atoms with Crippen LogP contribution in [0.15, 0.2) is 65.8 Å². The van der Waals surface area contributed by atoms with Crippen molar-refractivity contribution < 1.29 is 9.53 Å². The summed E-state index contributed by atoms with van der Waals surface area (Å²) in [6.07, 6.45) is 1.66. The Kier molecular flexibility index (Phi) is 5.53. The number of ether oxygens (including phenoxy) is 1. The maximum atomic E-state index is 12.1. The molecule has 0 fully saturated rings. The van der Waals surface area contributed by atoms with Gasteiger partial charge in [0.25, 0.3) is 5.91 Å². The number of carbonyl (C=O) groups excluding carboxylic acids is 1. The molecule has 4 rings (SSSR count). The van der Waals surface area contributed by atoms with Gasteiger partial charge >= 0.3 is 0 Å². The average molecular weight is 399 g/mol. The van der Waals surface area contributed by atoms with Crippen LogP contribution < -0.4 is 10.2 Å². The Bertz CT molecular complexity index is 1230. The number of carbonyl (C=O) groups is 1. The lowest BCUT2D eigenvalue weighted by Gasteiger charge is -2.07. The topological polar surface area (TPSA) is 55.6 Å². The van der Waals surface area contributed by atoms with Crippen LogP contribution in [0.25, 0.3) is 21.8 Å². The number of amides is 1. The van der Waals surface area contributed by atoms with Gasteiger partial charge in [-0.05, 0) is 67.8 Å². The number of nitrogens with zero attached hydrogens (tertiary/aromatic N) is 2. The number of nitrogens with one attached hydrogen (secondary N) is 1. The summed E-state index contributed by atoms with van der Waals surface area (Å²) in [5.41, 5.74) is 8.08. The number of rotatable bonds is 6.